The normalized spacial score (nSPS) is 12.2. The van der Waals surface area contributed by atoms with Crippen molar-refractivity contribution in [3.63, 3.8) is 0 Å². The molecule has 0 aliphatic heterocycles. The van der Waals surface area contributed by atoms with Gasteiger partial charge in [0.25, 0.3) is 0 Å². The summed E-state index contributed by atoms with van der Waals surface area (Å²) in [5.41, 5.74) is 4.38. The van der Waals surface area contributed by atoms with Crippen LogP contribution in [0.15, 0.2) is 59.7 Å². The molecule has 0 aliphatic carbocycles. The van der Waals surface area contributed by atoms with E-state index in [1.54, 1.807) is 0 Å². The molecular formula is C20H23N3O2S. The zero-order valence-electron chi connectivity index (χ0n) is 14.8. The second-order valence-electron chi connectivity index (χ2n) is 6.16. The van der Waals surface area contributed by atoms with Crippen molar-refractivity contribution in [2.24, 2.45) is 4.99 Å². The Morgan fingerprint density at radius 1 is 1.12 bits per heavy atom. The van der Waals surface area contributed by atoms with Crippen molar-refractivity contribution >= 4 is 27.1 Å². The summed E-state index contributed by atoms with van der Waals surface area (Å²) < 4.78 is 25.6. The fraction of sp³-hybridized carbons (Fsp3) is 0.250. The van der Waals surface area contributed by atoms with Crippen LogP contribution >= 0.6 is 0 Å². The minimum atomic E-state index is -3.19. The van der Waals surface area contributed by atoms with Crippen LogP contribution in [0.1, 0.15) is 16.7 Å². The summed E-state index contributed by atoms with van der Waals surface area (Å²) in [7, 11) is -1.75. The second kappa shape index (κ2) is 8.29. The lowest BCUT2D eigenvalue weighted by Gasteiger charge is -2.04. The van der Waals surface area contributed by atoms with E-state index in [0.29, 0.717) is 13.0 Å². The van der Waals surface area contributed by atoms with Gasteiger partial charge >= 0.3 is 0 Å². The largest absolute Gasteiger partial charge is 0.361 e. The van der Waals surface area contributed by atoms with Crippen LogP contribution in [0.4, 0.5) is 0 Å². The number of nitrogens with zero attached hydrogens (tertiary/aromatic N) is 1. The number of nitrogens with one attached hydrogen (secondary N) is 2. The van der Waals surface area contributed by atoms with E-state index in [1.165, 1.54) is 12.6 Å². The highest BCUT2D eigenvalue weighted by Gasteiger charge is 2.09. The molecule has 0 unspecified atom stereocenters. The van der Waals surface area contributed by atoms with Crippen molar-refractivity contribution in [1.82, 2.24) is 9.71 Å². The van der Waals surface area contributed by atoms with Crippen LogP contribution in [-0.4, -0.2) is 39.0 Å². The van der Waals surface area contributed by atoms with E-state index >= 15 is 0 Å². The maximum absolute atomic E-state index is 11.6. The van der Waals surface area contributed by atoms with E-state index in [2.05, 4.69) is 20.8 Å². The van der Waals surface area contributed by atoms with Gasteiger partial charge in [0.2, 0.25) is 10.0 Å². The molecule has 0 amide bonds. The van der Waals surface area contributed by atoms with Crippen LogP contribution in [0.5, 0.6) is 0 Å². The van der Waals surface area contributed by atoms with Crippen molar-refractivity contribution < 1.29 is 8.42 Å². The standard InChI is InChI=1S/C20H23N3O2S/c1-21-26(24,25)12-10-16-7-8-20-19(13-16)18(15-23-20)9-11-22-14-17-5-3-2-4-6-17/h2-8,13-15,21,23H,9-12H2,1H3/b22-14+. The Balaban J connectivity index is 1.67. The molecule has 3 rings (SSSR count). The van der Waals surface area contributed by atoms with Gasteiger partial charge in [-0.05, 0) is 48.7 Å². The van der Waals surface area contributed by atoms with Gasteiger partial charge in [0.15, 0.2) is 0 Å². The van der Waals surface area contributed by atoms with Crippen LogP contribution in [0, 0.1) is 0 Å². The van der Waals surface area contributed by atoms with Crippen molar-refractivity contribution in [1.29, 1.82) is 0 Å². The predicted octanol–water partition coefficient (Wildman–Crippen LogP) is 2.92. The molecule has 0 fully saturated rings. The summed E-state index contributed by atoms with van der Waals surface area (Å²) in [5.74, 6) is 0.0934. The first-order valence-electron chi connectivity index (χ1n) is 8.62. The Labute approximate surface area is 154 Å². The summed E-state index contributed by atoms with van der Waals surface area (Å²) in [6.45, 7) is 0.709. The minimum Gasteiger partial charge on any atom is -0.361 e. The Kier molecular flexibility index (Phi) is 5.85. The molecule has 136 valence electrons. The summed E-state index contributed by atoms with van der Waals surface area (Å²) in [5, 5.41) is 1.14. The number of H-pyrrole nitrogens is 1. The molecule has 26 heavy (non-hydrogen) atoms. The van der Waals surface area contributed by atoms with Crippen LogP contribution in [0.2, 0.25) is 0 Å². The molecule has 5 nitrogen and oxygen atoms in total. The molecular weight excluding hydrogens is 346 g/mol. The zero-order valence-corrected chi connectivity index (χ0v) is 15.6. The molecule has 2 N–H and O–H groups in total. The van der Waals surface area contributed by atoms with Crippen molar-refractivity contribution in [3.05, 3.63) is 71.4 Å². The van der Waals surface area contributed by atoms with Gasteiger partial charge in [-0.1, -0.05) is 36.4 Å². The third-order valence-corrected chi connectivity index (χ3v) is 5.72. The molecule has 0 spiro atoms. The maximum atomic E-state index is 11.6. The second-order valence-corrected chi connectivity index (χ2v) is 8.21. The Morgan fingerprint density at radius 3 is 2.69 bits per heavy atom. The molecule has 0 aliphatic rings. The average molecular weight is 369 g/mol. The smallest absolute Gasteiger partial charge is 0.211 e. The minimum absolute atomic E-state index is 0.0934. The van der Waals surface area contributed by atoms with E-state index < -0.39 is 10.0 Å². The molecule has 1 heterocycles. The van der Waals surface area contributed by atoms with Crippen molar-refractivity contribution in [2.75, 3.05) is 19.3 Å². The molecule has 0 radical (unpaired) electrons. The first-order chi connectivity index (χ1) is 12.6. The first-order valence-corrected chi connectivity index (χ1v) is 10.3. The number of fused-ring (bicyclic) bond motifs is 1. The average Bonchev–Trinajstić information content (AvgIpc) is 3.07. The van der Waals surface area contributed by atoms with Gasteiger partial charge in [0, 0.05) is 29.9 Å². The van der Waals surface area contributed by atoms with E-state index in [1.807, 2.05) is 54.9 Å². The van der Waals surface area contributed by atoms with Gasteiger partial charge < -0.3 is 4.98 Å². The first kappa shape index (κ1) is 18.4. The number of aliphatic imine (C=N–C) groups is 1. The molecule has 2 aromatic carbocycles. The topological polar surface area (TPSA) is 74.3 Å². The molecule has 0 saturated heterocycles. The quantitative estimate of drug-likeness (QED) is 0.599. The maximum Gasteiger partial charge on any atom is 0.211 e. The highest BCUT2D eigenvalue weighted by molar-refractivity contribution is 7.89. The van der Waals surface area contributed by atoms with Crippen LogP contribution < -0.4 is 4.72 Å². The van der Waals surface area contributed by atoms with Crippen LogP contribution in [0.25, 0.3) is 10.9 Å². The number of sulfonamides is 1. The lowest BCUT2D eigenvalue weighted by Crippen LogP contribution is -2.23. The lowest BCUT2D eigenvalue weighted by atomic mass is 10.1. The van der Waals surface area contributed by atoms with Gasteiger partial charge in [-0.25, -0.2) is 13.1 Å². The fourth-order valence-electron chi connectivity index (χ4n) is 2.84. The van der Waals surface area contributed by atoms with E-state index in [9.17, 15) is 8.42 Å². The Bertz CT molecular complexity index is 992. The molecule has 0 saturated carbocycles. The van der Waals surface area contributed by atoms with Gasteiger partial charge in [-0.3, -0.25) is 4.99 Å². The zero-order chi connectivity index (χ0) is 18.4. The van der Waals surface area contributed by atoms with Crippen LogP contribution in [0.3, 0.4) is 0 Å². The van der Waals surface area contributed by atoms with Crippen molar-refractivity contribution in [3.8, 4) is 0 Å². The Morgan fingerprint density at radius 2 is 1.92 bits per heavy atom. The number of aromatic amines is 1. The van der Waals surface area contributed by atoms with Gasteiger partial charge in [0.1, 0.15) is 0 Å². The molecule has 3 aromatic rings. The van der Waals surface area contributed by atoms with E-state index in [4.69, 9.17) is 0 Å². The number of hydrogen-bond acceptors (Lipinski definition) is 3. The third-order valence-electron chi connectivity index (χ3n) is 4.35. The predicted molar refractivity (Wildman–Crippen MR) is 107 cm³/mol. The monoisotopic (exact) mass is 369 g/mol. The molecule has 0 bridgehead atoms. The summed E-state index contributed by atoms with van der Waals surface area (Å²) in [6, 6.07) is 16.1. The number of aryl methyl sites for hydroxylation is 1. The highest BCUT2D eigenvalue weighted by atomic mass is 32.2. The lowest BCUT2D eigenvalue weighted by molar-refractivity contribution is 0.587. The highest BCUT2D eigenvalue weighted by Crippen LogP contribution is 2.21. The molecule has 0 atom stereocenters. The van der Waals surface area contributed by atoms with Gasteiger partial charge in [-0.2, -0.15) is 0 Å². The number of aromatic nitrogens is 1. The van der Waals surface area contributed by atoms with E-state index in [-0.39, 0.29) is 5.75 Å². The number of hydrogen-bond donors (Lipinski definition) is 2. The van der Waals surface area contributed by atoms with Gasteiger partial charge in [0.05, 0.1) is 5.75 Å². The van der Waals surface area contributed by atoms with E-state index in [0.717, 1.165) is 28.5 Å². The molecule has 6 heteroatoms. The van der Waals surface area contributed by atoms with Crippen LogP contribution in [-0.2, 0) is 22.9 Å². The number of rotatable bonds is 8. The fourth-order valence-corrected chi connectivity index (χ4v) is 3.54. The SMILES string of the molecule is CNS(=O)(=O)CCc1ccc2[nH]cc(CC/N=C/c3ccccc3)c2c1. The van der Waals surface area contributed by atoms with Gasteiger partial charge in [-0.15, -0.1) is 0 Å². The summed E-state index contributed by atoms with van der Waals surface area (Å²) in [6.07, 6.45) is 5.23. The Hall–Kier alpha value is -2.44. The van der Waals surface area contributed by atoms with Crippen molar-refractivity contribution in [2.45, 2.75) is 12.8 Å². The third kappa shape index (κ3) is 4.80. The number of benzene rings is 2. The summed E-state index contributed by atoms with van der Waals surface area (Å²) >= 11 is 0. The summed E-state index contributed by atoms with van der Waals surface area (Å²) in [4.78, 5) is 7.77. The molecule has 1 aromatic heterocycles.